The van der Waals surface area contributed by atoms with Crippen LogP contribution in [0.25, 0.3) is 6.08 Å². The Balaban J connectivity index is 1.96. The zero-order valence-corrected chi connectivity index (χ0v) is 15.4. The number of rotatable bonds is 6. The van der Waals surface area contributed by atoms with E-state index in [0.29, 0.717) is 23.7 Å². The van der Waals surface area contributed by atoms with Crippen molar-refractivity contribution in [2.24, 2.45) is 4.99 Å². The summed E-state index contributed by atoms with van der Waals surface area (Å²) in [6.45, 7) is 3.81. The number of hydrogen-bond donors (Lipinski definition) is 0. The number of carbonyl (C=O) groups is 2. The van der Waals surface area contributed by atoms with Crippen LogP contribution in [-0.4, -0.2) is 24.4 Å². The summed E-state index contributed by atoms with van der Waals surface area (Å²) in [6.07, 6.45) is 3.15. The first-order chi connectivity index (χ1) is 13.0. The van der Waals surface area contributed by atoms with Crippen molar-refractivity contribution >= 4 is 35.5 Å². The van der Waals surface area contributed by atoms with Crippen LogP contribution in [0.1, 0.15) is 31.6 Å². The van der Waals surface area contributed by atoms with Crippen molar-refractivity contribution in [3.8, 4) is 11.5 Å². The minimum atomic E-state index is -0.614. The summed E-state index contributed by atoms with van der Waals surface area (Å²) in [7, 11) is 0. The summed E-state index contributed by atoms with van der Waals surface area (Å²) < 4.78 is 21.0. The Bertz CT molecular complexity index is 930. The fraction of sp³-hybridized carbons (Fsp3) is 0.211. The van der Waals surface area contributed by atoms with Gasteiger partial charge in [-0.25, -0.2) is 9.79 Å². The molecule has 27 heavy (non-hydrogen) atoms. The third-order valence-corrected chi connectivity index (χ3v) is 3.77. The van der Waals surface area contributed by atoms with Crippen molar-refractivity contribution in [2.75, 3.05) is 6.61 Å². The summed E-state index contributed by atoms with van der Waals surface area (Å²) in [4.78, 5) is 27.8. The van der Waals surface area contributed by atoms with Crippen molar-refractivity contribution < 1.29 is 28.2 Å². The van der Waals surface area contributed by atoms with Crippen LogP contribution in [0.2, 0.25) is 5.02 Å². The number of aliphatic imine (C=N–C) groups is 1. The third-order valence-electron chi connectivity index (χ3n) is 3.49. The minimum Gasteiger partial charge on any atom is -0.490 e. The average molecular weight is 390 g/mol. The van der Waals surface area contributed by atoms with Crippen molar-refractivity contribution in [3.05, 3.63) is 52.6 Å². The van der Waals surface area contributed by atoms with Gasteiger partial charge in [-0.1, -0.05) is 18.5 Å². The third kappa shape index (κ3) is 4.20. The van der Waals surface area contributed by atoms with E-state index in [1.807, 2.05) is 0 Å². The molecular formula is C19H16ClNO6. The number of carbonyl (C=O) groups excluding carboxylic acids is 2. The molecule has 0 spiro atoms. The molecule has 1 aromatic heterocycles. The second-order valence-electron chi connectivity index (χ2n) is 5.40. The van der Waals surface area contributed by atoms with Gasteiger partial charge in [0.1, 0.15) is 0 Å². The molecule has 1 aromatic carbocycles. The van der Waals surface area contributed by atoms with Crippen molar-refractivity contribution in [2.45, 2.75) is 20.3 Å². The lowest BCUT2D eigenvalue weighted by Gasteiger charge is -2.13. The Morgan fingerprint density at radius 1 is 1.33 bits per heavy atom. The molecule has 0 unspecified atom stereocenters. The Morgan fingerprint density at radius 3 is 2.81 bits per heavy atom. The van der Waals surface area contributed by atoms with E-state index >= 15 is 0 Å². The van der Waals surface area contributed by atoms with Crippen LogP contribution in [0.3, 0.4) is 0 Å². The van der Waals surface area contributed by atoms with Crippen LogP contribution < -0.4 is 9.47 Å². The van der Waals surface area contributed by atoms with E-state index in [1.54, 1.807) is 38.1 Å². The standard InChI is InChI=1S/C19H16ClNO6/c1-3-16(22)26-17-12(20)8-11(10-15(17)24-4-2)9-13-19(23)27-18(21-13)14-6-5-7-25-14/h5-10H,3-4H2,1-2H3/b13-9-. The number of halogens is 1. The lowest BCUT2D eigenvalue weighted by molar-refractivity contribution is -0.134. The molecule has 0 bridgehead atoms. The summed E-state index contributed by atoms with van der Waals surface area (Å²) in [5.41, 5.74) is 0.620. The first kappa shape index (κ1) is 18.7. The number of cyclic esters (lactones) is 1. The SMILES string of the molecule is CCOc1cc(/C=C2\N=C(c3ccco3)OC2=O)cc(Cl)c1OC(=O)CC. The van der Waals surface area contributed by atoms with E-state index in [1.165, 1.54) is 12.3 Å². The predicted octanol–water partition coefficient (Wildman–Crippen LogP) is 3.99. The van der Waals surface area contributed by atoms with E-state index in [2.05, 4.69) is 4.99 Å². The van der Waals surface area contributed by atoms with Gasteiger partial charge in [-0.2, -0.15) is 0 Å². The number of nitrogens with zero attached hydrogens (tertiary/aromatic N) is 1. The maximum Gasteiger partial charge on any atom is 0.363 e. The van der Waals surface area contributed by atoms with Crippen molar-refractivity contribution in [1.82, 2.24) is 0 Å². The summed E-state index contributed by atoms with van der Waals surface area (Å²) in [6, 6.07) is 6.45. The van der Waals surface area contributed by atoms with Gasteiger partial charge < -0.3 is 18.6 Å². The van der Waals surface area contributed by atoms with Crippen LogP contribution in [0.15, 0.2) is 45.6 Å². The molecule has 3 rings (SSSR count). The lowest BCUT2D eigenvalue weighted by atomic mass is 10.1. The molecule has 2 heterocycles. The number of esters is 2. The molecule has 8 heteroatoms. The maximum absolute atomic E-state index is 12.1. The molecule has 0 radical (unpaired) electrons. The molecule has 0 aliphatic carbocycles. The van der Waals surface area contributed by atoms with Gasteiger partial charge in [-0.05, 0) is 42.8 Å². The van der Waals surface area contributed by atoms with Gasteiger partial charge in [0, 0.05) is 6.42 Å². The molecule has 0 saturated carbocycles. The zero-order chi connectivity index (χ0) is 19.4. The first-order valence-corrected chi connectivity index (χ1v) is 8.63. The van der Waals surface area contributed by atoms with E-state index < -0.39 is 11.9 Å². The van der Waals surface area contributed by atoms with Crippen LogP contribution in [-0.2, 0) is 14.3 Å². The molecule has 0 atom stereocenters. The number of furan rings is 1. The number of hydrogen-bond acceptors (Lipinski definition) is 7. The van der Waals surface area contributed by atoms with Crippen LogP contribution >= 0.6 is 11.6 Å². The molecule has 2 aromatic rings. The molecular weight excluding hydrogens is 374 g/mol. The highest BCUT2D eigenvalue weighted by Gasteiger charge is 2.26. The van der Waals surface area contributed by atoms with Gasteiger partial charge in [-0.15, -0.1) is 0 Å². The molecule has 0 amide bonds. The highest BCUT2D eigenvalue weighted by Crippen LogP contribution is 2.38. The second kappa shape index (κ2) is 8.09. The highest BCUT2D eigenvalue weighted by atomic mass is 35.5. The Morgan fingerprint density at radius 2 is 2.15 bits per heavy atom. The second-order valence-corrected chi connectivity index (χ2v) is 5.81. The topological polar surface area (TPSA) is 87.3 Å². The average Bonchev–Trinajstić information content (AvgIpc) is 3.28. The molecule has 0 N–H and O–H groups in total. The molecule has 140 valence electrons. The zero-order valence-electron chi connectivity index (χ0n) is 14.7. The van der Waals surface area contributed by atoms with Crippen LogP contribution in [0.4, 0.5) is 0 Å². The van der Waals surface area contributed by atoms with Crippen LogP contribution in [0.5, 0.6) is 11.5 Å². The fourth-order valence-corrected chi connectivity index (χ4v) is 2.55. The predicted molar refractivity (Wildman–Crippen MR) is 97.9 cm³/mol. The van der Waals surface area contributed by atoms with Gasteiger partial charge >= 0.3 is 11.9 Å². The Kier molecular flexibility index (Phi) is 5.61. The van der Waals surface area contributed by atoms with Gasteiger partial charge in [0.2, 0.25) is 0 Å². The highest BCUT2D eigenvalue weighted by molar-refractivity contribution is 6.32. The summed E-state index contributed by atoms with van der Waals surface area (Å²) >= 11 is 6.25. The largest absolute Gasteiger partial charge is 0.490 e. The molecule has 0 fully saturated rings. The first-order valence-electron chi connectivity index (χ1n) is 8.25. The quantitative estimate of drug-likeness (QED) is 0.421. The Hall–Kier alpha value is -3.06. The summed E-state index contributed by atoms with van der Waals surface area (Å²) in [5, 5.41) is 0.177. The Labute approximate surface area is 160 Å². The van der Waals surface area contributed by atoms with Gasteiger partial charge in [0.25, 0.3) is 5.90 Å². The van der Waals surface area contributed by atoms with Crippen LogP contribution in [0, 0.1) is 0 Å². The van der Waals surface area contributed by atoms with Crippen molar-refractivity contribution in [3.63, 3.8) is 0 Å². The van der Waals surface area contributed by atoms with Gasteiger partial charge in [-0.3, -0.25) is 4.79 Å². The minimum absolute atomic E-state index is 0.0817. The molecule has 0 saturated heterocycles. The van der Waals surface area contributed by atoms with Gasteiger partial charge in [0.05, 0.1) is 17.9 Å². The van der Waals surface area contributed by atoms with Crippen molar-refractivity contribution in [1.29, 1.82) is 0 Å². The molecule has 1 aliphatic rings. The maximum atomic E-state index is 12.1. The van der Waals surface area contributed by atoms with E-state index in [0.717, 1.165) is 0 Å². The normalized spacial score (nSPS) is 14.9. The number of benzene rings is 1. The number of ether oxygens (including phenoxy) is 3. The monoisotopic (exact) mass is 389 g/mol. The van der Waals surface area contributed by atoms with E-state index in [-0.39, 0.29) is 28.8 Å². The van der Waals surface area contributed by atoms with Gasteiger partial charge in [0.15, 0.2) is 23.0 Å². The molecule has 1 aliphatic heterocycles. The van der Waals surface area contributed by atoms with E-state index in [9.17, 15) is 9.59 Å². The summed E-state index contributed by atoms with van der Waals surface area (Å²) in [5.74, 6) is -0.183. The van der Waals surface area contributed by atoms with E-state index in [4.69, 9.17) is 30.2 Å². The lowest BCUT2D eigenvalue weighted by Crippen LogP contribution is -2.08. The smallest absolute Gasteiger partial charge is 0.363 e. The fourth-order valence-electron chi connectivity index (χ4n) is 2.29. The molecule has 7 nitrogen and oxygen atoms in total.